The smallest absolute Gasteiger partial charge is 0.0644 e. The van der Waals surface area contributed by atoms with E-state index in [0.717, 1.165) is 24.2 Å². The van der Waals surface area contributed by atoms with Crippen molar-refractivity contribution >= 4 is 0 Å². The molecule has 0 saturated heterocycles. The monoisotopic (exact) mass is 250 g/mol. The average molecular weight is 250 g/mol. The molecule has 1 heteroatoms. The number of allylic oxidation sites excluding steroid dienone is 1. The van der Waals surface area contributed by atoms with E-state index in [0.29, 0.717) is 5.41 Å². The highest BCUT2D eigenvalue weighted by molar-refractivity contribution is 5.19. The van der Waals surface area contributed by atoms with Crippen molar-refractivity contribution < 1.29 is 5.11 Å². The summed E-state index contributed by atoms with van der Waals surface area (Å²) in [7, 11) is 0. The van der Waals surface area contributed by atoms with E-state index in [4.69, 9.17) is 0 Å². The summed E-state index contributed by atoms with van der Waals surface area (Å²) in [4.78, 5) is 0. The molecule has 0 spiro atoms. The minimum atomic E-state index is 0.277. The second kappa shape index (κ2) is 5.36. The van der Waals surface area contributed by atoms with Crippen LogP contribution >= 0.6 is 0 Å². The molecule has 0 aromatic heterocycles. The van der Waals surface area contributed by atoms with Crippen molar-refractivity contribution in [3.05, 3.63) is 11.1 Å². The minimum Gasteiger partial charge on any atom is -0.392 e. The summed E-state index contributed by atoms with van der Waals surface area (Å²) < 4.78 is 0. The molecule has 2 aliphatic rings. The Morgan fingerprint density at radius 1 is 1.28 bits per heavy atom. The Bertz CT molecular complexity index is 321. The number of aliphatic hydroxyl groups is 1. The van der Waals surface area contributed by atoms with Crippen molar-refractivity contribution in [2.75, 3.05) is 6.61 Å². The Hall–Kier alpha value is -0.300. The predicted octanol–water partition coefficient (Wildman–Crippen LogP) is 4.56. The Labute approximate surface area is 113 Å². The molecule has 3 atom stereocenters. The Morgan fingerprint density at radius 2 is 2.00 bits per heavy atom. The number of fused-ring (bicyclic) bond motifs is 1. The van der Waals surface area contributed by atoms with Crippen LogP contribution in [0.1, 0.15) is 66.2 Å². The first-order valence-electron chi connectivity index (χ1n) is 7.81. The van der Waals surface area contributed by atoms with Crippen LogP contribution in [-0.2, 0) is 0 Å². The number of aliphatic hydroxyl groups excluding tert-OH is 1. The van der Waals surface area contributed by atoms with Crippen LogP contribution in [-0.4, -0.2) is 11.7 Å². The van der Waals surface area contributed by atoms with Gasteiger partial charge in [0, 0.05) is 0 Å². The van der Waals surface area contributed by atoms with Crippen molar-refractivity contribution in [3.63, 3.8) is 0 Å². The standard InChI is InChI=1S/C17H30O/c1-5-13(11-18)15-9-8-14-7-6-12(2)17(3,4)16(14)10-15/h12,14,16,18H,5-11H2,1-4H3/t12-,14+,16+/m0/s1. The van der Waals surface area contributed by atoms with Gasteiger partial charge in [-0.15, -0.1) is 0 Å². The molecule has 1 nitrogen and oxygen atoms in total. The maximum atomic E-state index is 9.50. The summed E-state index contributed by atoms with van der Waals surface area (Å²) in [6.07, 6.45) is 7.73. The van der Waals surface area contributed by atoms with E-state index >= 15 is 0 Å². The molecule has 2 rings (SSSR count). The van der Waals surface area contributed by atoms with E-state index in [-0.39, 0.29) is 6.61 Å². The van der Waals surface area contributed by atoms with Gasteiger partial charge in [0.05, 0.1) is 6.61 Å². The van der Waals surface area contributed by atoms with Gasteiger partial charge < -0.3 is 5.11 Å². The third-order valence-corrected chi connectivity index (χ3v) is 6.17. The molecule has 2 fully saturated rings. The lowest BCUT2D eigenvalue weighted by Crippen LogP contribution is -2.42. The molecule has 0 aromatic carbocycles. The normalized spacial score (nSPS) is 38.2. The average Bonchev–Trinajstić information content (AvgIpc) is 2.36. The summed E-state index contributed by atoms with van der Waals surface area (Å²) in [5.41, 5.74) is 3.38. The molecule has 2 aliphatic carbocycles. The van der Waals surface area contributed by atoms with Crippen LogP contribution in [0.3, 0.4) is 0 Å². The maximum absolute atomic E-state index is 9.50. The zero-order valence-corrected chi connectivity index (χ0v) is 12.6. The van der Waals surface area contributed by atoms with Gasteiger partial charge in [0.2, 0.25) is 0 Å². The van der Waals surface area contributed by atoms with Gasteiger partial charge in [-0.05, 0) is 67.3 Å². The van der Waals surface area contributed by atoms with Crippen molar-refractivity contribution in [2.45, 2.75) is 66.2 Å². The van der Waals surface area contributed by atoms with E-state index < -0.39 is 0 Å². The number of rotatable bonds is 2. The minimum absolute atomic E-state index is 0.277. The lowest BCUT2D eigenvalue weighted by molar-refractivity contribution is 0.00682. The fourth-order valence-corrected chi connectivity index (χ4v) is 4.31. The third-order valence-electron chi connectivity index (χ3n) is 6.17. The predicted molar refractivity (Wildman–Crippen MR) is 77.4 cm³/mol. The molecule has 0 amide bonds. The molecule has 104 valence electrons. The molecular weight excluding hydrogens is 220 g/mol. The zero-order chi connectivity index (χ0) is 13.3. The summed E-state index contributed by atoms with van der Waals surface area (Å²) in [5.74, 6) is 2.63. The molecule has 0 heterocycles. The first kappa shape index (κ1) is 14.1. The van der Waals surface area contributed by atoms with Crippen LogP contribution in [0.25, 0.3) is 0 Å². The fourth-order valence-electron chi connectivity index (χ4n) is 4.31. The Morgan fingerprint density at radius 3 is 2.61 bits per heavy atom. The van der Waals surface area contributed by atoms with Gasteiger partial charge in [0.1, 0.15) is 0 Å². The van der Waals surface area contributed by atoms with Crippen LogP contribution in [0.15, 0.2) is 11.1 Å². The van der Waals surface area contributed by atoms with Gasteiger partial charge >= 0.3 is 0 Å². The topological polar surface area (TPSA) is 20.2 Å². The summed E-state index contributed by atoms with van der Waals surface area (Å²) >= 11 is 0. The maximum Gasteiger partial charge on any atom is 0.0644 e. The number of hydrogen-bond acceptors (Lipinski definition) is 1. The van der Waals surface area contributed by atoms with Crippen molar-refractivity contribution in [3.8, 4) is 0 Å². The van der Waals surface area contributed by atoms with Crippen LogP contribution in [0.2, 0.25) is 0 Å². The van der Waals surface area contributed by atoms with E-state index in [1.54, 1.807) is 5.57 Å². The fraction of sp³-hybridized carbons (Fsp3) is 0.882. The first-order chi connectivity index (χ1) is 8.50. The highest BCUT2D eigenvalue weighted by Gasteiger charge is 2.44. The van der Waals surface area contributed by atoms with E-state index in [9.17, 15) is 5.11 Å². The number of hydrogen-bond donors (Lipinski definition) is 1. The lowest BCUT2D eigenvalue weighted by atomic mass is 9.54. The molecule has 2 saturated carbocycles. The third kappa shape index (κ3) is 2.39. The van der Waals surface area contributed by atoms with Crippen molar-refractivity contribution in [1.29, 1.82) is 0 Å². The van der Waals surface area contributed by atoms with E-state index in [2.05, 4.69) is 27.7 Å². The van der Waals surface area contributed by atoms with Crippen LogP contribution < -0.4 is 0 Å². The molecule has 0 radical (unpaired) electrons. The highest BCUT2D eigenvalue weighted by Crippen LogP contribution is 2.54. The molecular formula is C17H30O. The Balaban J connectivity index is 2.21. The van der Waals surface area contributed by atoms with Gasteiger partial charge in [0.15, 0.2) is 0 Å². The van der Waals surface area contributed by atoms with Gasteiger partial charge in [-0.1, -0.05) is 33.3 Å². The van der Waals surface area contributed by atoms with Crippen LogP contribution in [0.5, 0.6) is 0 Å². The van der Waals surface area contributed by atoms with Crippen LogP contribution in [0.4, 0.5) is 0 Å². The zero-order valence-electron chi connectivity index (χ0n) is 12.6. The molecule has 0 bridgehead atoms. The summed E-state index contributed by atoms with van der Waals surface area (Å²) in [6.45, 7) is 9.84. The molecule has 18 heavy (non-hydrogen) atoms. The van der Waals surface area contributed by atoms with Gasteiger partial charge in [-0.2, -0.15) is 0 Å². The van der Waals surface area contributed by atoms with E-state index in [1.165, 1.54) is 37.7 Å². The molecule has 1 N–H and O–H groups in total. The lowest BCUT2D eigenvalue weighted by Gasteiger charge is -2.51. The SMILES string of the molecule is CCC(CO)=C1CC[C@H]2CC[C@H](C)C(C)(C)[C@@H]2C1. The van der Waals surface area contributed by atoms with Crippen LogP contribution in [0, 0.1) is 23.2 Å². The van der Waals surface area contributed by atoms with E-state index in [1.807, 2.05) is 0 Å². The van der Waals surface area contributed by atoms with Crippen molar-refractivity contribution in [2.24, 2.45) is 23.2 Å². The molecule has 0 aliphatic heterocycles. The first-order valence-corrected chi connectivity index (χ1v) is 7.81. The summed E-state index contributed by atoms with van der Waals surface area (Å²) in [5, 5.41) is 9.50. The largest absolute Gasteiger partial charge is 0.392 e. The summed E-state index contributed by atoms with van der Waals surface area (Å²) in [6, 6.07) is 0. The van der Waals surface area contributed by atoms with Gasteiger partial charge in [0.25, 0.3) is 0 Å². The molecule has 0 unspecified atom stereocenters. The van der Waals surface area contributed by atoms with Gasteiger partial charge in [-0.3, -0.25) is 0 Å². The second-order valence-corrected chi connectivity index (χ2v) is 7.13. The molecule has 0 aromatic rings. The quantitative estimate of drug-likeness (QED) is 0.712. The van der Waals surface area contributed by atoms with Crippen molar-refractivity contribution in [1.82, 2.24) is 0 Å². The Kier molecular flexibility index (Phi) is 4.21. The highest BCUT2D eigenvalue weighted by atomic mass is 16.3. The van der Waals surface area contributed by atoms with Gasteiger partial charge in [-0.25, -0.2) is 0 Å². The second-order valence-electron chi connectivity index (χ2n) is 7.13.